The van der Waals surface area contributed by atoms with Gasteiger partial charge in [0.2, 0.25) is 0 Å². The third-order valence-corrected chi connectivity index (χ3v) is 5.59. The molecular weight excluding hydrogens is 384 g/mol. The Labute approximate surface area is 160 Å². The SMILES string of the molecule is COC(=O)c1ccc2c(c1)c(=O)n(Cc1ccc(S(C)(=O)=O)cc1)c(=O)n2C. The minimum atomic E-state index is -3.34. The third kappa shape index (κ3) is 3.48. The normalized spacial score (nSPS) is 11.5. The van der Waals surface area contributed by atoms with Gasteiger partial charge in [0, 0.05) is 13.3 Å². The first-order valence-electron chi connectivity index (χ1n) is 8.24. The monoisotopic (exact) mass is 402 g/mol. The lowest BCUT2D eigenvalue weighted by atomic mass is 10.1. The van der Waals surface area contributed by atoms with Crippen molar-refractivity contribution >= 4 is 26.7 Å². The van der Waals surface area contributed by atoms with Crippen LogP contribution in [-0.4, -0.2) is 36.9 Å². The summed E-state index contributed by atoms with van der Waals surface area (Å²) in [7, 11) is -0.563. The fourth-order valence-electron chi connectivity index (χ4n) is 2.93. The summed E-state index contributed by atoms with van der Waals surface area (Å²) in [6.07, 6.45) is 1.10. The van der Waals surface area contributed by atoms with E-state index in [0.717, 1.165) is 10.8 Å². The minimum Gasteiger partial charge on any atom is -0.465 e. The number of hydrogen-bond donors (Lipinski definition) is 0. The summed E-state index contributed by atoms with van der Waals surface area (Å²) in [6.45, 7) is -0.0338. The molecule has 0 N–H and O–H groups in total. The second-order valence-electron chi connectivity index (χ2n) is 6.37. The number of nitrogens with zero attached hydrogens (tertiary/aromatic N) is 2. The van der Waals surface area contributed by atoms with E-state index in [-0.39, 0.29) is 22.4 Å². The van der Waals surface area contributed by atoms with Gasteiger partial charge < -0.3 is 4.74 Å². The van der Waals surface area contributed by atoms with Gasteiger partial charge in [-0.3, -0.25) is 13.9 Å². The molecule has 0 aliphatic carbocycles. The van der Waals surface area contributed by atoms with Crippen molar-refractivity contribution in [3.63, 3.8) is 0 Å². The molecule has 0 radical (unpaired) electrons. The molecule has 3 rings (SSSR count). The maximum absolute atomic E-state index is 12.9. The largest absolute Gasteiger partial charge is 0.465 e. The van der Waals surface area contributed by atoms with Gasteiger partial charge in [0.1, 0.15) is 0 Å². The van der Waals surface area contributed by atoms with Crippen LogP contribution in [0.3, 0.4) is 0 Å². The standard InChI is InChI=1S/C19H18N2O6S/c1-20-16-9-6-13(18(23)27-2)10-15(16)17(22)21(19(20)24)11-12-4-7-14(8-5-12)28(3,25)26/h4-10H,11H2,1-3H3. The topological polar surface area (TPSA) is 104 Å². The Morgan fingerprint density at radius 1 is 1.07 bits per heavy atom. The number of esters is 1. The third-order valence-electron chi connectivity index (χ3n) is 4.46. The highest BCUT2D eigenvalue weighted by atomic mass is 32.2. The van der Waals surface area contributed by atoms with E-state index >= 15 is 0 Å². The van der Waals surface area contributed by atoms with Crippen molar-refractivity contribution < 1.29 is 17.9 Å². The van der Waals surface area contributed by atoms with Crippen molar-refractivity contribution in [3.8, 4) is 0 Å². The number of fused-ring (bicyclic) bond motifs is 1. The smallest absolute Gasteiger partial charge is 0.337 e. The van der Waals surface area contributed by atoms with Gasteiger partial charge in [0.15, 0.2) is 9.84 Å². The number of ether oxygens (including phenoxy) is 1. The summed E-state index contributed by atoms with van der Waals surface area (Å²) in [5.41, 5.74) is 0.128. The fraction of sp³-hybridized carbons (Fsp3) is 0.211. The maximum atomic E-state index is 12.9. The quantitative estimate of drug-likeness (QED) is 0.602. The van der Waals surface area contributed by atoms with E-state index in [4.69, 9.17) is 0 Å². The number of carbonyl (C=O) groups excluding carboxylic acids is 1. The lowest BCUT2D eigenvalue weighted by Gasteiger charge is -2.12. The van der Waals surface area contributed by atoms with Crippen LogP contribution in [0.1, 0.15) is 15.9 Å². The zero-order chi connectivity index (χ0) is 20.6. The van der Waals surface area contributed by atoms with Crippen LogP contribution in [0.15, 0.2) is 56.9 Å². The van der Waals surface area contributed by atoms with Crippen molar-refractivity contribution in [1.82, 2.24) is 9.13 Å². The molecule has 0 aliphatic rings. The second kappa shape index (κ2) is 7.08. The van der Waals surface area contributed by atoms with E-state index in [9.17, 15) is 22.8 Å². The molecule has 0 saturated carbocycles. The van der Waals surface area contributed by atoms with Crippen molar-refractivity contribution in [2.45, 2.75) is 11.4 Å². The molecule has 0 atom stereocenters. The zero-order valence-electron chi connectivity index (χ0n) is 15.5. The molecule has 0 bridgehead atoms. The van der Waals surface area contributed by atoms with Crippen LogP contribution in [0.2, 0.25) is 0 Å². The Hall–Kier alpha value is -3.20. The lowest BCUT2D eigenvalue weighted by Crippen LogP contribution is -2.39. The molecule has 1 heterocycles. The highest BCUT2D eigenvalue weighted by Crippen LogP contribution is 2.13. The predicted molar refractivity (Wildman–Crippen MR) is 103 cm³/mol. The average Bonchev–Trinajstić information content (AvgIpc) is 2.68. The van der Waals surface area contributed by atoms with Gasteiger partial charge in [0.25, 0.3) is 5.56 Å². The van der Waals surface area contributed by atoms with Crippen molar-refractivity contribution in [1.29, 1.82) is 0 Å². The summed E-state index contributed by atoms with van der Waals surface area (Å²) in [5, 5.41) is 0.206. The van der Waals surface area contributed by atoms with E-state index in [2.05, 4.69) is 4.74 Å². The highest BCUT2D eigenvalue weighted by Gasteiger charge is 2.15. The van der Waals surface area contributed by atoms with Crippen LogP contribution in [0, 0.1) is 0 Å². The van der Waals surface area contributed by atoms with Gasteiger partial charge in [-0.05, 0) is 35.9 Å². The zero-order valence-corrected chi connectivity index (χ0v) is 16.3. The molecule has 0 saturated heterocycles. The molecule has 0 aliphatic heterocycles. The number of sulfone groups is 1. The molecule has 3 aromatic rings. The number of carbonyl (C=O) groups is 1. The van der Waals surface area contributed by atoms with E-state index in [1.807, 2.05) is 0 Å². The molecule has 9 heteroatoms. The first-order chi connectivity index (χ1) is 13.1. The van der Waals surface area contributed by atoms with E-state index in [1.165, 1.54) is 49.1 Å². The average molecular weight is 402 g/mol. The molecule has 1 aromatic heterocycles. The van der Waals surface area contributed by atoms with Gasteiger partial charge in [-0.25, -0.2) is 18.0 Å². The van der Waals surface area contributed by atoms with E-state index < -0.39 is 27.1 Å². The number of benzene rings is 2. The Kier molecular flexibility index (Phi) is 4.95. The van der Waals surface area contributed by atoms with Crippen molar-refractivity contribution in [3.05, 3.63) is 74.4 Å². The molecule has 0 unspecified atom stereocenters. The molecular formula is C19H18N2O6S. The molecule has 2 aromatic carbocycles. The van der Waals surface area contributed by atoms with Gasteiger partial charge in [-0.15, -0.1) is 0 Å². The number of hydrogen-bond acceptors (Lipinski definition) is 6. The minimum absolute atomic E-state index is 0.0338. The molecule has 0 fully saturated rings. The summed E-state index contributed by atoms with van der Waals surface area (Å²) < 4.78 is 30.2. The molecule has 28 heavy (non-hydrogen) atoms. The van der Waals surface area contributed by atoms with Crippen LogP contribution >= 0.6 is 0 Å². The molecule has 146 valence electrons. The van der Waals surface area contributed by atoms with Crippen LogP contribution in [0.5, 0.6) is 0 Å². The van der Waals surface area contributed by atoms with Crippen LogP contribution in [0.25, 0.3) is 10.9 Å². The highest BCUT2D eigenvalue weighted by molar-refractivity contribution is 7.90. The first-order valence-corrected chi connectivity index (χ1v) is 10.1. The Balaban J connectivity index is 2.14. The van der Waals surface area contributed by atoms with Crippen LogP contribution < -0.4 is 11.2 Å². The number of rotatable bonds is 4. The van der Waals surface area contributed by atoms with Gasteiger partial charge in [0.05, 0.1) is 35.0 Å². The summed E-state index contributed by atoms with van der Waals surface area (Å²) in [5.74, 6) is -0.585. The predicted octanol–water partition coefficient (Wildman–Crippen LogP) is 0.939. The van der Waals surface area contributed by atoms with E-state index in [0.29, 0.717) is 11.1 Å². The van der Waals surface area contributed by atoms with Crippen molar-refractivity contribution in [2.75, 3.05) is 13.4 Å². The van der Waals surface area contributed by atoms with Crippen LogP contribution in [0.4, 0.5) is 0 Å². The summed E-state index contributed by atoms with van der Waals surface area (Å²) in [4.78, 5) is 37.5. The number of aryl methyl sites for hydroxylation is 1. The van der Waals surface area contributed by atoms with Gasteiger partial charge in [-0.2, -0.15) is 0 Å². The number of aromatic nitrogens is 2. The Morgan fingerprint density at radius 2 is 1.71 bits per heavy atom. The Bertz CT molecular complexity index is 1300. The fourth-order valence-corrected chi connectivity index (χ4v) is 3.56. The lowest BCUT2D eigenvalue weighted by molar-refractivity contribution is 0.0601. The summed E-state index contributed by atoms with van der Waals surface area (Å²) >= 11 is 0. The molecule has 0 amide bonds. The van der Waals surface area contributed by atoms with Crippen molar-refractivity contribution in [2.24, 2.45) is 7.05 Å². The maximum Gasteiger partial charge on any atom is 0.337 e. The van der Waals surface area contributed by atoms with Crippen LogP contribution in [-0.2, 0) is 28.2 Å². The summed E-state index contributed by atoms with van der Waals surface area (Å²) in [6, 6.07) is 10.4. The second-order valence-corrected chi connectivity index (χ2v) is 8.39. The number of methoxy groups -OCH3 is 1. The van der Waals surface area contributed by atoms with Gasteiger partial charge in [-0.1, -0.05) is 12.1 Å². The molecule has 0 spiro atoms. The first kappa shape index (κ1) is 19.6. The molecule has 8 nitrogen and oxygen atoms in total. The van der Waals surface area contributed by atoms with Gasteiger partial charge >= 0.3 is 11.7 Å². The van der Waals surface area contributed by atoms with E-state index in [1.54, 1.807) is 12.1 Å². The Morgan fingerprint density at radius 3 is 2.29 bits per heavy atom.